The van der Waals surface area contributed by atoms with Crippen LogP contribution >= 0.6 is 0 Å². The predicted molar refractivity (Wildman–Crippen MR) is 110 cm³/mol. The van der Waals surface area contributed by atoms with Crippen LogP contribution in [-0.4, -0.2) is 71.7 Å². The number of fused-ring (bicyclic) bond motifs is 1. The standard InChI is InChI=1S/C23H31N3O3/c1-16(2)20(27)25-12-19-13-26(21(28)18-8-6-7-17(3)11-18)15-23(19,14-25)22(29)24-9-4-5-10-24/h6-8,11,16,19H,4-5,9-10,12-15H2,1-3H3/t19-,23-/m0/s1. The van der Waals surface area contributed by atoms with Crippen molar-refractivity contribution in [1.29, 1.82) is 0 Å². The van der Waals surface area contributed by atoms with Crippen LogP contribution < -0.4 is 0 Å². The van der Waals surface area contributed by atoms with Gasteiger partial charge in [-0.2, -0.15) is 0 Å². The normalized spacial score (nSPS) is 26.3. The third kappa shape index (κ3) is 3.43. The Morgan fingerprint density at radius 3 is 2.31 bits per heavy atom. The summed E-state index contributed by atoms with van der Waals surface area (Å²) in [4.78, 5) is 45.1. The molecule has 0 bridgehead atoms. The Hall–Kier alpha value is -2.37. The topological polar surface area (TPSA) is 60.9 Å². The Morgan fingerprint density at radius 1 is 1.00 bits per heavy atom. The van der Waals surface area contributed by atoms with Gasteiger partial charge in [0.15, 0.2) is 0 Å². The maximum absolute atomic E-state index is 13.6. The number of likely N-dealkylation sites (tertiary alicyclic amines) is 3. The Bertz CT molecular complexity index is 830. The third-order valence-electron chi connectivity index (χ3n) is 6.79. The van der Waals surface area contributed by atoms with E-state index >= 15 is 0 Å². The smallest absolute Gasteiger partial charge is 0.253 e. The molecule has 1 aromatic carbocycles. The van der Waals surface area contributed by atoms with E-state index in [0.717, 1.165) is 31.5 Å². The van der Waals surface area contributed by atoms with Crippen molar-refractivity contribution in [1.82, 2.24) is 14.7 Å². The molecule has 3 saturated heterocycles. The third-order valence-corrected chi connectivity index (χ3v) is 6.79. The Kier molecular flexibility index (Phi) is 5.13. The quantitative estimate of drug-likeness (QED) is 0.785. The number of hydrogen-bond acceptors (Lipinski definition) is 3. The lowest BCUT2D eigenvalue weighted by Crippen LogP contribution is -2.49. The van der Waals surface area contributed by atoms with Gasteiger partial charge in [-0.25, -0.2) is 0 Å². The van der Waals surface area contributed by atoms with Crippen LogP contribution in [0.2, 0.25) is 0 Å². The zero-order valence-electron chi connectivity index (χ0n) is 17.7. The highest BCUT2D eigenvalue weighted by Gasteiger charge is 2.60. The highest BCUT2D eigenvalue weighted by molar-refractivity contribution is 5.96. The molecular formula is C23H31N3O3. The van der Waals surface area contributed by atoms with Gasteiger partial charge in [0.1, 0.15) is 0 Å². The lowest BCUT2D eigenvalue weighted by Gasteiger charge is -2.32. The van der Waals surface area contributed by atoms with Crippen molar-refractivity contribution in [2.45, 2.75) is 33.6 Å². The minimum absolute atomic E-state index is 0.00654. The van der Waals surface area contributed by atoms with E-state index in [1.54, 1.807) is 0 Å². The van der Waals surface area contributed by atoms with Crippen molar-refractivity contribution in [3.05, 3.63) is 35.4 Å². The van der Waals surface area contributed by atoms with E-state index in [1.807, 2.05) is 59.7 Å². The SMILES string of the molecule is Cc1cccc(C(=O)N2C[C@@H]3CN(C(=O)C(C)C)C[C@]3(C(=O)N3CCCC3)C2)c1. The minimum atomic E-state index is -0.658. The average molecular weight is 398 g/mol. The molecule has 3 fully saturated rings. The molecule has 1 aromatic rings. The summed E-state index contributed by atoms with van der Waals surface area (Å²) in [6.07, 6.45) is 2.07. The molecule has 2 atom stereocenters. The lowest BCUT2D eigenvalue weighted by molar-refractivity contribution is -0.141. The summed E-state index contributed by atoms with van der Waals surface area (Å²) in [6, 6.07) is 7.62. The van der Waals surface area contributed by atoms with Crippen molar-refractivity contribution in [2.75, 3.05) is 39.3 Å². The molecular weight excluding hydrogens is 366 g/mol. The first-order valence-corrected chi connectivity index (χ1v) is 10.8. The molecule has 0 aliphatic carbocycles. The Morgan fingerprint density at radius 2 is 1.66 bits per heavy atom. The van der Waals surface area contributed by atoms with Crippen molar-refractivity contribution >= 4 is 17.7 Å². The van der Waals surface area contributed by atoms with Crippen LogP contribution in [0, 0.1) is 24.2 Å². The summed E-state index contributed by atoms with van der Waals surface area (Å²) < 4.78 is 0. The number of amides is 3. The van der Waals surface area contributed by atoms with Crippen molar-refractivity contribution in [3.8, 4) is 0 Å². The summed E-state index contributed by atoms with van der Waals surface area (Å²) in [7, 11) is 0. The van der Waals surface area contributed by atoms with E-state index in [-0.39, 0.29) is 29.6 Å². The van der Waals surface area contributed by atoms with Crippen molar-refractivity contribution in [2.24, 2.45) is 17.3 Å². The van der Waals surface area contributed by atoms with Crippen LogP contribution in [0.15, 0.2) is 24.3 Å². The van der Waals surface area contributed by atoms with Crippen molar-refractivity contribution < 1.29 is 14.4 Å². The summed E-state index contributed by atoms with van der Waals surface area (Å²) in [5, 5.41) is 0. The maximum atomic E-state index is 13.6. The zero-order valence-corrected chi connectivity index (χ0v) is 17.7. The molecule has 0 unspecified atom stereocenters. The summed E-state index contributed by atoms with van der Waals surface area (Å²) in [5.41, 5.74) is 1.06. The van der Waals surface area contributed by atoms with Gasteiger partial charge in [-0.05, 0) is 31.9 Å². The fourth-order valence-electron chi connectivity index (χ4n) is 5.25. The monoisotopic (exact) mass is 397 g/mol. The second-order valence-corrected chi connectivity index (χ2v) is 9.28. The van der Waals surface area contributed by atoms with Gasteiger partial charge < -0.3 is 14.7 Å². The highest BCUT2D eigenvalue weighted by atomic mass is 16.2. The molecule has 0 N–H and O–H groups in total. The van der Waals surface area contributed by atoms with E-state index in [9.17, 15) is 14.4 Å². The number of aryl methyl sites for hydroxylation is 1. The highest BCUT2D eigenvalue weighted by Crippen LogP contribution is 2.45. The average Bonchev–Trinajstić information content (AvgIpc) is 3.40. The van der Waals surface area contributed by atoms with Gasteiger partial charge in [0.2, 0.25) is 11.8 Å². The molecule has 3 aliphatic heterocycles. The van der Waals surface area contributed by atoms with Gasteiger partial charge in [-0.15, -0.1) is 0 Å². The molecule has 3 amide bonds. The van der Waals surface area contributed by atoms with E-state index in [0.29, 0.717) is 31.7 Å². The molecule has 6 nitrogen and oxygen atoms in total. The number of carbonyl (C=O) groups excluding carboxylic acids is 3. The molecule has 0 aromatic heterocycles. The Balaban J connectivity index is 1.60. The van der Waals surface area contributed by atoms with Gasteiger partial charge >= 0.3 is 0 Å². The van der Waals surface area contributed by atoms with Crippen LogP contribution in [0.25, 0.3) is 0 Å². The fraction of sp³-hybridized carbons (Fsp3) is 0.609. The molecule has 3 heterocycles. The van der Waals surface area contributed by atoms with Crippen LogP contribution in [-0.2, 0) is 9.59 Å². The molecule has 0 saturated carbocycles. The van der Waals surface area contributed by atoms with Gasteiger partial charge in [0.25, 0.3) is 5.91 Å². The van der Waals surface area contributed by atoms with Gasteiger partial charge in [-0.3, -0.25) is 14.4 Å². The minimum Gasteiger partial charge on any atom is -0.342 e. The molecule has 6 heteroatoms. The Labute approximate surface area is 172 Å². The maximum Gasteiger partial charge on any atom is 0.253 e. The molecule has 0 radical (unpaired) electrons. The van der Waals surface area contributed by atoms with E-state index in [4.69, 9.17) is 0 Å². The first-order chi connectivity index (χ1) is 13.8. The van der Waals surface area contributed by atoms with Crippen LogP contribution in [0.4, 0.5) is 0 Å². The second kappa shape index (κ2) is 7.47. The van der Waals surface area contributed by atoms with Crippen LogP contribution in [0.5, 0.6) is 0 Å². The van der Waals surface area contributed by atoms with Gasteiger partial charge in [0, 0.05) is 56.7 Å². The molecule has 4 rings (SSSR count). The molecule has 0 spiro atoms. The lowest BCUT2D eigenvalue weighted by atomic mass is 9.79. The van der Waals surface area contributed by atoms with E-state index < -0.39 is 5.41 Å². The summed E-state index contributed by atoms with van der Waals surface area (Å²) in [5.74, 6) is 0.145. The summed E-state index contributed by atoms with van der Waals surface area (Å²) >= 11 is 0. The predicted octanol–water partition coefficient (Wildman–Crippen LogP) is 2.17. The number of nitrogens with zero attached hydrogens (tertiary/aromatic N) is 3. The van der Waals surface area contributed by atoms with Gasteiger partial charge in [0.05, 0.1) is 5.41 Å². The number of rotatable bonds is 3. The largest absolute Gasteiger partial charge is 0.342 e. The fourth-order valence-corrected chi connectivity index (χ4v) is 5.25. The van der Waals surface area contributed by atoms with E-state index in [2.05, 4.69) is 0 Å². The van der Waals surface area contributed by atoms with Crippen LogP contribution in [0.3, 0.4) is 0 Å². The molecule has 156 valence electrons. The van der Waals surface area contributed by atoms with Crippen LogP contribution in [0.1, 0.15) is 42.6 Å². The first kappa shape index (κ1) is 19.9. The van der Waals surface area contributed by atoms with Crippen molar-refractivity contribution in [3.63, 3.8) is 0 Å². The molecule has 29 heavy (non-hydrogen) atoms. The second-order valence-electron chi connectivity index (χ2n) is 9.28. The van der Waals surface area contributed by atoms with Gasteiger partial charge in [-0.1, -0.05) is 31.5 Å². The number of benzene rings is 1. The number of carbonyl (C=O) groups is 3. The molecule has 3 aliphatic rings. The number of hydrogen-bond donors (Lipinski definition) is 0. The zero-order chi connectivity index (χ0) is 20.8. The first-order valence-electron chi connectivity index (χ1n) is 10.8. The summed E-state index contributed by atoms with van der Waals surface area (Å²) in [6.45, 7) is 9.29. The van der Waals surface area contributed by atoms with E-state index in [1.165, 1.54) is 0 Å².